The van der Waals surface area contributed by atoms with Crippen LogP contribution in [0.2, 0.25) is 0 Å². The molecule has 0 radical (unpaired) electrons. The van der Waals surface area contributed by atoms with Crippen LogP contribution in [-0.4, -0.2) is 39.1 Å². The maximum atomic E-state index is 12.1. The lowest BCUT2D eigenvalue weighted by molar-refractivity contribution is -0.140. The molecule has 23 heavy (non-hydrogen) atoms. The molecule has 5 heteroatoms. The quantitative estimate of drug-likeness (QED) is 0.657. The van der Waals surface area contributed by atoms with E-state index in [1.54, 1.807) is 11.8 Å². The number of carbonyl (C=O) groups is 1. The van der Waals surface area contributed by atoms with Crippen LogP contribution in [0.1, 0.15) is 44.1 Å². The Balaban J connectivity index is 1.69. The minimum Gasteiger partial charge on any atom is -0.481 e. The number of nitrogens with one attached hydrogen (secondary N) is 1. The number of benzene rings is 1. The van der Waals surface area contributed by atoms with Gasteiger partial charge in [-0.2, -0.15) is 0 Å². The molecule has 0 amide bonds. The predicted molar refractivity (Wildman–Crippen MR) is 91.2 cm³/mol. The molecule has 0 saturated carbocycles. The van der Waals surface area contributed by atoms with Gasteiger partial charge in [0, 0.05) is 21.7 Å². The van der Waals surface area contributed by atoms with E-state index >= 15 is 0 Å². The molecule has 4 atom stereocenters. The number of nitrogens with zero attached hydrogens (tertiary/aromatic N) is 1. The summed E-state index contributed by atoms with van der Waals surface area (Å²) in [7, 11) is 0. The molecule has 4 rings (SSSR count). The average Bonchev–Trinajstić information content (AvgIpc) is 2.97. The van der Waals surface area contributed by atoms with Gasteiger partial charge in [0.1, 0.15) is 0 Å². The molecule has 0 aliphatic carbocycles. The summed E-state index contributed by atoms with van der Waals surface area (Å²) in [5, 5.41) is 17.5. The van der Waals surface area contributed by atoms with E-state index in [0.29, 0.717) is 18.0 Å². The molecular formula is C18H22N2O2S. The van der Waals surface area contributed by atoms with E-state index in [4.69, 9.17) is 5.41 Å². The highest BCUT2D eigenvalue weighted by Gasteiger charge is 2.55. The summed E-state index contributed by atoms with van der Waals surface area (Å²) < 4.78 is -0.287. The zero-order valence-corrected chi connectivity index (χ0v) is 14.1. The van der Waals surface area contributed by atoms with Gasteiger partial charge in [-0.1, -0.05) is 18.2 Å². The second kappa shape index (κ2) is 5.26. The Morgan fingerprint density at radius 2 is 2.00 bits per heavy atom. The zero-order valence-electron chi connectivity index (χ0n) is 13.2. The van der Waals surface area contributed by atoms with Crippen molar-refractivity contribution >= 4 is 24.1 Å². The molecule has 1 aromatic carbocycles. The Morgan fingerprint density at radius 3 is 2.61 bits per heavy atom. The number of rotatable bonds is 3. The Morgan fingerprint density at radius 1 is 1.35 bits per heavy atom. The highest BCUT2D eigenvalue weighted by atomic mass is 32.2. The molecule has 4 unspecified atom stereocenters. The van der Waals surface area contributed by atoms with Crippen molar-refractivity contribution in [2.24, 2.45) is 5.92 Å². The standard InChI is InChI=1S/C18H22N2O2S/c1-18(11-8-12-6-7-13(9-11)20(12)10-19)16(17(21)22)14-4-2-3-5-15(14)23-18/h2-5,10-13,16,19H,6-9H2,1H3,(H,21,22). The molecule has 3 aliphatic heterocycles. The van der Waals surface area contributed by atoms with Gasteiger partial charge in [0.2, 0.25) is 0 Å². The molecule has 3 heterocycles. The number of hydrogen-bond donors (Lipinski definition) is 2. The van der Waals surface area contributed by atoms with Crippen LogP contribution in [0, 0.1) is 11.3 Å². The first-order chi connectivity index (χ1) is 11.0. The number of thioether (sulfide) groups is 1. The molecule has 2 fully saturated rings. The molecule has 3 aliphatic rings. The van der Waals surface area contributed by atoms with E-state index in [0.717, 1.165) is 36.1 Å². The fourth-order valence-corrected chi connectivity index (χ4v) is 6.63. The van der Waals surface area contributed by atoms with Crippen molar-refractivity contribution in [3.63, 3.8) is 0 Å². The van der Waals surface area contributed by atoms with Crippen LogP contribution in [0.4, 0.5) is 0 Å². The van der Waals surface area contributed by atoms with E-state index in [1.165, 1.54) is 6.34 Å². The Hall–Kier alpha value is -1.49. The molecular weight excluding hydrogens is 308 g/mol. The summed E-state index contributed by atoms with van der Waals surface area (Å²) in [6, 6.07) is 8.83. The third-order valence-electron chi connectivity index (χ3n) is 6.13. The summed E-state index contributed by atoms with van der Waals surface area (Å²) in [4.78, 5) is 15.4. The largest absolute Gasteiger partial charge is 0.481 e. The number of carboxylic acid groups (broad SMARTS) is 1. The Kier molecular flexibility index (Phi) is 3.45. The van der Waals surface area contributed by atoms with Crippen LogP contribution in [-0.2, 0) is 4.79 Å². The minimum absolute atomic E-state index is 0.287. The topological polar surface area (TPSA) is 64.4 Å². The van der Waals surface area contributed by atoms with E-state index < -0.39 is 11.9 Å². The number of piperidine rings is 1. The molecule has 122 valence electrons. The highest BCUT2D eigenvalue weighted by molar-refractivity contribution is 8.01. The third-order valence-corrected chi connectivity index (χ3v) is 7.73. The molecule has 2 N–H and O–H groups in total. The summed E-state index contributed by atoms with van der Waals surface area (Å²) in [5.74, 6) is -0.749. The maximum Gasteiger partial charge on any atom is 0.312 e. The number of fused-ring (bicyclic) bond motifs is 3. The lowest BCUT2D eigenvalue weighted by Gasteiger charge is -2.45. The summed E-state index contributed by atoms with van der Waals surface area (Å²) in [5.41, 5.74) is 0.981. The second-order valence-electron chi connectivity index (χ2n) is 7.22. The van der Waals surface area contributed by atoms with Crippen LogP contribution < -0.4 is 0 Å². The van der Waals surface area contributed by atoms with E-state index in [-0.39, 0.29) is 4.75 Å². The minimum atomic E-state index is -0.702. The highest BCUT2D eigenvalue weighted by Crippen LogP contribution is 2.60. The first-order valence-electron chi connectivity index (χ1n) is 8.33. The van der Waals surface area contributed by atoms with Gasteiger partial charge in [-0.05, 0) is 50.2 Å². The molecule has 4 nitrogen and oxygen atoms in total. The fraction of sp³-hybridized carbons (Fsp3) is 0.556. The SMILES string of the molecule is CC1(C2CC3CCC(C2)N3C=N)Sc2ccccc2C1C(=O)O. The smallest absolute Gasteiger partial charge is 0.312 e. The van der Waals surface area contributed by atoms with Gasteiger partial charge in [0.05, 0.1) is 12.3 Å². The number of carboxylic acids is 1. The number of aliphatic carboxylic acids is 1. The van der Waals surface area contributed by atoms with Crippen molar-refractivity contribution in [1.82, 2.24) is 4.90 Å². The lowest BCUT2D eigenvalue weighted by Crippen LogP contribution is -2.49. The van der Waals surface area contributed by atoms with Crippen LogP contribution >= 0.6 is 11.8 Å². The third kappa shape index (κ3) is 2.12. The first kappa shape index (κ1) is 15.1. The van der Waals surface area contributed by atoms with E-state index in [2.05, 4.69) is 17.9 Å². The van der Waals surface area contributed by atoms with Gasteiger partial charge < -0.3 is 10.0 Å². The van der Waals surface area contributed by atoms with Crippen molar-refractivity contribution < 1.29 is 9.90 Å². The van der Waals surface area contributed by atoms with Gasteiger partial charge in [0.25, 0.3) is 0 Å². The summed E-state index contributed by atoms with van der Waals surface area (Å²) in [6.07, 6.45) is 5.79. The van der Waals surface area contributed by atoms with Gasteiger partial charge in [0.15, 0.2) is 0 Å². The van der Waals surface area contributed by atoms with Gasteiger partial charge in [-0.25, -0.2) is 0 Å². The fourth-order valence-electron chi connectivity index (χ4n) is 5.01. The molecule has 2 saturated heterocycles. The van der Waals surface area contributed by atoms with Crippen LogP contribution in [0.15, 0.2) is 29.2 Å². The normalized spacial score (nSPS) is 38.4. The molecule has 0 spiro atoms. The van der Waals surface area contributed by atoms with Crippen LogP contribution in [0.25, 0.3) is 0 Å². The predicted octanol–water partition coefficient (Wildman–Crippen LogP) is 3.57. The van der Waals surface area contributed by atoms with Crippen LogP contribution in [0.3, 0.4) is 0 Å². The number of hydrogen-bond acceptors (Lipinski definition) is 3. The molecule has 0 aromatic heterocycles. The van der Waals surface area contributed by atoms with Crippen LogP contribution in [0.5, 0.6) is 0 Å². The van der Waals surface area contributed by atoms with E-state index in [9.17, 15) is 9.90 Å². The Bertz CT molecular complexity index is 650. The van der Waals surface area contributed by atoms with Gasteiger partial charge >= 0.3 is 5.97 Å². The van der Waals surface area contributed by atoms with Crippen molar-refractivity contribution in [3.8, 4) is 0 Å². The van der Waals surface area contributed by atoms with Crippen molar-refractivity contribution in [3.05, 3.63) is 29.8 Å². The van der Waals surface area contributed by atoms with E-state index in [1.807, 2.05) is 18.2 Å². The Labute approximate surface area is 140 Å². The maximum absolute atomic E-state index is 12.1. The summed E-state index contributed by atoms with van der Waals surface area (Å²) >= 11 is 1.77. The van der Waals surface area contributed by atoms with Crippen molar-refractivity contribution in [2.75, 3.05) is 0 Å². The zero-order chi connectivity index (χ0) is 16.2. The lowest BCUT2D eigenvalue weighted by atomic mass is 9.73. The van der Waals surface area contributed by atoms with Crippen molar-refractivity contribution in [2.45, 2.75) is 60.3 Å². The monoisotopic (exact) mass is 330 g/mol. The summed E-state index contributed by atoms with van der Waals surface area (Å²) in [6.45, 7) is 2.15. The van der Waals surface area contributed by atoms with Crippen molar-refractivity contribution in [1.29, 1.82) is 5.41 Å². The first-order valence-corrected chi connectivity index (χ1v) is 9.15. The van der Waals surface area contributed by atoms with Gasteiger partial charge in [-0.3, -0.25) is 10.2 Å². The second-order valence-corrected chi connectivity index (χ2v) is 8.75. The molecule has 1 aromatic rings. The molecule has 2 bridgehead atoms. The average molecular weight is 330 g/mol. The van der Waals surface area contributed by atoms with Gasteiger partial charge in [-0.15, -0.1) is 11.8 Å².